The highest BCUT2D eigenvalue weighted by atomic mass is 32.1. The van der Waals surface area contributed by atoms with Gasteiger partial charge < -0.3 is 25.3 Å². The Balaban J connectivity index is 0.000000409. The van der Waals surface area contributed by atoms with Crippen molar-refractivity contribution in [1.29, 1.82) is 0 Å². The van der Waals surface area contributed by atoms with E-state index in [1.807, 2.05) is 25.5 Å². The Morgan fingerprint density at radius 2 is 1.86 bits per heavy atom. The minimum atomic E-state index is -1.82. The van der Waals surface area contributed by atoms with Crippen LogP contribution in [0.1, 0.15) is 20.9 Å². The second-order valence-electron chi connectivity index (χ2n) is 5.96. The first-order valence-electron chi connectivity index (χ1n) is 8.07. The fourth-order valence-corrected chi connectivity index (χ4v) is 2.95. The molecule has 3 rings (SSSR count). The average Bonchev–Trinajstić information content (AvgIpc) is 3.26. The SMILES string of the molecule is CN(C)CCc1c(N)oc2ccc(C(=O)c3cccs3)nc12.O=C(O)C(=O)O. The largest absolute Gasteiger partial charge is 0.473 e. The number of nitrogen functional groups attached to an aromatic ring is 1. The lowest BCUT2D eigenvalue weighted by atomic mass is 10.1. The highest BCUT2D eigenvalue weighted by Gasteiger charge is 2.17. The zero-order chi connectivity index (χ0) is 20.8. The third-order valence-electron chi connectivity index (χ3n) is 3.63. The Labute approximate surface area is 164 Å². The molecule has 0 aromatic carbocycles. The third-order valence-corrected chi connectivity index (χ3v) is 4.50. The summed E-state index contributed by atoms with van der Waals surface area (Å²) in [5.74, 6) is -3.34. The molecule has 28 heavy (non-hydrogen) atoms. The van der Waals surface area contributed by atoms with E-state index in [2.05, 4.69) is 9.88 Å². The van der Waals surface area contributed by atoms with E-state index in [-0.39, 0.29) is 5.78 Å². The zero-order valence-electron chi connectivity index (χ0n) is 15.2. The molecule has 10 heteroatoms. The summed E-state index contributed by atoms with van der Waals surface area (Å²) in [5, 5.41) is 16.7. The number of carbonyl (C=O) groups is 3. The van der Waals surface area contributed by atoms with Crippen LogP contribution in [0.4, 0.5) is 5.88 Å². The molecular formula is C18H19N3O6S. The lowest BCUT2D eigenvalue weighted by Gasteiger charge is -2.08. The zero-order valence-corrected chi connectivity index (χ0v) is 16.0. The molecule has 0 radical (unpaired) electrons. The number of furan rings is 1. The van der Waals surface area contributed by atoms with Gasteiger partial charge in [0.1, 0.15) is 11.2 Å². The number of carboxylic acids is 2. The van der Waals surface area contributed by atoms with Crippen LogP contribution in [-0.2, 0) is 16.0 Å². The molecule has 3 aromatic rings. The van der Waals surface area contributed by atoms with Gasteiger partial charge in [-0.15, -0.1) is 11.3 Å². The van der Waals surface area contributed by atoms with Gasteiger partial charge in [0.25, 0.3) is 0 Å². The number of fused-ring (bicyclic) bond motifs is 1. The second kappa shape index (κ2) is 9.11. The van der Waals surface area contributed by atoms with Crippen LogP contribution in [0.3, 0.4) is 0 Å². The molecule has 3 aromatic heterocycles. The number of aliphatic carboxylic acids is 2. The van der Waals surface area contributed by atoms with Crippen LogP contribution in [0.15, 0.2) is 34.1 Å². The molecule has 0 bridgehead atoms. The van der Waals surface area contributed by atoms with Gasteiger partial charge in [0.2, 0.25) is 5.78 Å². The highest BCUT2D eigenvalue weighted by Crippen LogP contribution is 2.28. The maximum Gasteiger partial charge on any atom is 0.414 e. The van der Waals surface area contributed by atoms with Crippen LogP contribution in [0.25, 0.3) is 11.1 Å². The fourth-order valence-electron chi connectivity index (χ4n) is 2.28. The van der Waals surface area contributed by atoms with E-state index >= 15 is 0 Å². The summed E-state index contributed by atoms with van der Waals surface area (Å²) < 4.78 is 5.54. The van der Waals surface area contributed by atoms with E-state index in [1.165, 1.54) is 11.3 Å². The molecule has 148 valence electrons. The average molecular weight is 405 g/mol. The molecule has 0 saturated carbocycles. The predicted octanol–water partition coefficient (Wildman–Crippen LogP) is 1.96. The predicted molar refractivity (Wildman–Crippen MR) is 104 cm³/mol. The summed E-state index contributed by atoms with van der Waals surface area (Å²) in [5.41, 5.74) is 8.54. The number of aromatic nitrogens is 1. The number of anilines is 1. The van der Waals surface area contributed by atoms with Gasteiger partial charge in [0, 0.05) is 12.1 Å². The van der Waals surface area contributed by atoms with Crippen molar-refractivity contribution in [1.82, 2.24) is 9.88 Å². The van der Waals surface area contributed by atoms with Gasteiger partial charge in [-0.1, -0.05) is 6.07 Å². The number of carbonyl (C=O) groups excluding carboxylic acids is 1. The number of rotatable bonds is 5. The van der Waals surface area contributed by atoms with Crippen molar-refractivity contribution in [3.05, 3.63) is 45.8 Å². The Morgan fingerprint density at radius 1 is 1.18 bits per heavy atom. The number of pyridine rings is 1. The first-order valence-corrected chi connectivity index (χ1v) is 8.95. The highest BCUT2D eigenvalue weighted by molar-refractivity contribution is 7.12. The van der Waals surface area contributed by atoms with Gasteiger partial charge in [0.15, 0.2) is 11.5 Å². The van der Waals surface area contributed by atoms with Gasteiger partial charge in [0.05, 0.1) is 4.88 Å². The first-order chi connectivity index (χ1) is 13.2. The van der Waals surface area contributed by atoms with Crippen LogP contribution in [-0.4, -0.2) is 58.5 Å². The van der Waals surface area contributed by atoms with Gasteiger partial charge >= 0.3 is 11.9 Å². The van der Waals surface area contributed by atoms with Gasteiger partial charge in [-0.2, -0.15) is 0 Å². The van der Waals surface area contributed by atoms with Crippen molar-refractivity contribution in [2.75, 3.05) is 26.4 Å². The van der Waals surface area contributed by atoms with Crippen LogP contribution in [0, 0.1) is 0 Å². The van der Waals surface area contributed by atoms with Gasteiger partial charge in [-0.05, 0) is 44.1 Å². The van der Waals surface area contributed by atoms with Crippen molar-refractivity contribution in [3.8, 4) is 0 Å². The van der Waals surface area contributed by atoms with E-state index in [1.54, 1.807) is 18.2 Å². The topological polar surface area (TPSA) is 147 Å². The molecule has 3 heterocycles. The second-order valence-corrected chi connectivity index (χ2v) is 6.91. The van der Waals surface area contributed by atoms with Gasteiger partial charge in [-0.25, -0.2) is 14.6 Å². The first kappa shape index (κ1) is 21.1. The summed E-state index contributed by atoms with van der Waals surface area (Å²) in [4.78, 5) is 37.9. The number of ketones is 1. The summed E-state index contributed by atoms with van der Waals surface area (Å²) in [6, 6.07) is 7.10. The number of nitrogens with two attached hydrogens (primary N) is 1. The Morgan fingerprint density at radius 3 is 2.39 bits per heavy atom. The van der Waals surface area contributed by atoms with Crippen molar-refractivity contribution in [2.45, 2.75) is 6.42 Å². The fraction of sp³-hybridized carbons (Fsp3) is 0.222. The molecule has 0 saturated heterocycles. The number of hydrogen-bond donors (Lipinski definition) is 3. The van der Waals surface area contributed by atoms with E-state index in [0.717, 1.165) is 18.5 Å². The number of hydrogen-bond acceptors (Lipinski definition) is 8. The smallest absolute Gasteiger partial charge is 0.414 e. The summed E-state index contributed by atoms with van der Waals surface area (Å²) in [6.07, 6.45) is 0.732. The molecular weight excluding hydrogens is 386 g/mol. The number of carboxylic acid groups (broad SMARTS) is 2. The van der Waals surface area contributed by atoms with Crippen molar-refractivity contribution in [3.63, 3.8) is 0 Å². The van der Waals surface area contributed by atoms with Crippen LogP contribution >= 0.6 is 11.3 Å². The lowest BCUT2D eigenvalue weighted by molar-refractivity contribution is -0.159. The van der Waals surface area contributed by atoms with E-state index in [9.17, 15) is 4.79 Å². The molecule has 4 N–H and O–H groups in total. The molecule has 0 unspecified atom stereocenters. The maximum atomic E-state index is 12.4. The van der Waals surface area contributed by atoms with Crippen LogP contribution in [0.5, 0.6) is 0 Å². The normalized spacial score (nSPS) is 10.5. The van der Waals surface area contributed by atoms with Crippen molar-refractivity contribution >= 4 is 46.0 Å². The minimum Gasteiger partial charge on any atom is -0.473 e. The Bertz CT molecular complexity index is 982. The Kier molecular flexibility index (Phi) is 6.85. The molecule has 0 aliphatic carbocycles. The molecule has 0 aliphatic rings. The molecule has 0 spiro atoms. The summed E-state index contributed by atoms with van der Waals surface area (Å²) in [7, 11) is 4.00. The molecule has 0 atom stereocenters. The molecule has 9 nitrogen and oxygen atoms in total. The standard InChI is InChI=1S/C16H17N3O2S.C2H2O4/c1-19(2)8-7-10-14-12(21-16(10)17)6-5-11(18-14)15(20)13-4-3-9-22-13;3-1(4)2(5)6/h3-6,9H,7-8,17H2,1-2H3;(H,3,4)(H,5,6). The van der Waals surface area contributed by atoms with Gasteiger partial charge in [-0.3, -0.25) is 4.79 Å². The number of likely N-dealkylation sites (N-methyl/N-ethyl adjacent to an activating group) is 1. The third kappa shape index (κ3) is 5.15. The van der Waals surface area contributed by atoms with E-state index < -0.39 is 11.9 Å². The van der Waals surface area contributed by atoms with E-state index in [4.69, 9.17) is 30.0 Å². The van der Waals surface area contributed by atoms with E-state index in [0.29, 0.717) is 27.6 Å². The van der Waals surface area contributed by atoms with Crippen molar-refractivity contribution < 1.29 is 29.0 Å². The number of thiophene rings is 1. The number of nitrogens with zero attached hydrogens (tertiary/aromatic N) is 2. The summed E-state index contributed by atoms with van der Waals surface area (Å²) >= 11 is 1.41. The van der Waals surface area contributed by atoms with Crippen LogP contribution < -0.4 is 5.73 Å². The quantitative estimate of drug-likeness (QED) is 0.428. The molecule has 0 amide bonds. The van der Waals surface area contributed by atoms with Crippen molar-refractivity contribution in [2.24, 2.45) is 0 Å². The maximum absolute atomic E-state index is 12.4. The summed E-state index contributed by atoms with van der Waals surface area (Å²) in [6.45, 7) is 0.837. The molecule has 0 aliphatic heterocycles. The minimum absolute atomic E-state index is 0.0739. The van der Waals surface area contributed by atoms with Crippen LogP contribution in [0.2, 0.25) is 0 Å². The Hall–Kier alpha value is -3.24. The lowest BCUT2D eigenvalue weighted by Crippen LogP contribution is -2.15. The monoisotopic (exact) mass is 405 g/mol. The molecule has 0 fully saturated rings.